The first kappa shape index (κ1) is 18.1. The molecule has 2 aromatic carbocycles. The summed E-state index contributed by atoms with van der Waals surface area (Å²) in [6.45, 7) is 4.71. The molecule has 1 atom stereocenters. The van der Waals surface area contributed by atoms with Crippen molar-refractivity contribution in [2.75, 3.05) is 6.61 Å². The molecule has 0 aliphatic carbocycles. The summed E-state index contributed by atoms with van der Waals surface area (Å²) in [4.78, 5) is 28.3. The Kier molecular flexibility index (Phi) is 4.77. The molecule has 1 aliphatic rings. The van der Waals surface area contributed by atoms with Crippen molar-refractivity contribution in [1.82, 2.24) is 10.3 Å². The number of hydrogen-bond acceptors (Lipinski definition) is 4. The number of aromatic amines is 1. The molecular weight excluding hydrogens is 356 g/mol. The number of benzene rings is 2. The molecule has 0 spiro atoms. The first-order valence-corrected chi connectivity index (χ1v) is 9.40. The van der Waals surface area contributed by atoms with Crippen molar-refractivity contribution in [3.63, 3.8) is 0 Å². The average Bonchev–Trinajstić information content (AvgIpc) is 3.05. The van der Waals surface area contributed by atoms with E-state index < -0.39 is 5.91 Å². The van der Waals surface area contributed by atoms with Crippen LogP contribution in [0, 0.1) is 0 Å². The summed E-state index contributed by atoms with van der Waals surface area (Å²) in [5.41, 5.74) is 2.43. The zero-order valence-corrected chi connectivity index (χ0v) is 15.9. The zero-order chi connectivity index (χ0) is 19.7. The first-order chi connectivity index (χ1) is 13.6. The molecule has 0 bridgehead atoms. The highest BCUT2D eigenvalue weighted by molar-refractivity contribution is 5.97. The van der Waals surface area contributed by atoms with Gasteiger partial charge in [-0.1, -0.05) is 12.1 Å². The maximum absolute atomic E-state index is 12.6. The smallest absolute Gasteiger partial charge is 0.257 e. The predicted octanol–water partition coefficient (Wildman–Crippen LogP) is 3.18. The molecule has 4 rings (SSSR count). The van der Waals surface area contributed by atoms with Gasteiger partial charge >= 0.3 is 0 Å². The standard InChI is InChI=1S/C22H22N2O4/c1-3-27-19-9-14-8-13(2)28-20(14)10-15(19)11-24-22(26)17-12-23-18-7-5-4-6-16(18)21(17)25/h4-7,9-10,12-13H,3,8,11H2,1-2H3,(H,23,25)(H,24,26)/t13-/m0/s1. The number of pyridine rings is 1. The van der Waals surface area contributed by atoms with Crippen molar-refractivity contribution in [3.8, 4) is 11.5 Å². The van der Waals surface area contributed by atoms with Gasteiger partial charge in [-0.25, -0.2) is 0 Å². The van der Waals surface area contributed by atoms with Gasteiger partial charge in [0.15, 0.2) is 0 Å². The maximum Gasteiger partial charge on any atom is 0.257 e. The number of aromatic nitrogens is 1. The Labute approximate surface area is 162 Å². The van der Waals surface area contributed by atoms with E-state index in [1.54, 1.807) is 18.2 Å². The third kappa shape index (κ3) is 3.33. The van der Waals surface area contributed by atoms with E-state index in [1.807, 2.05) is 32.0 Å². The van der Waals surface area contributed by atoms with Gasteiger partial charge in [-0.2, -0.15) is 0 Å². The van der Waals surface area contributed by atoms with E-state index in [-0.39, 0.29) is 23.6 Å². The van der Waals surface area contributed by atoms with E-state index in [1.165, 1.54) is 6.20 Å². The summed E-state index contributed by atoms with van der Waals surface area (Å²) in [7, 11) is 0. The minimum atomic E-state index is -0.427. The van der Waals surface area contributed by atoms with E-state index >= 15 is 0 Å². The van der Waals surface area contributed by atoms with E-state index in [9.17, 15) is 9.59 Å². The molecule has 6 nitrogen and oxygen atoms in total. The van der Waals surface area contributed by atoms with Gasteiger partial charge in [0, 0.05) is 41.2 Å². The Bertz CT molecular complexity index is 1100. The van der Waals surface area contributed by atoms with Gasteiger partial charge in [-0.3, -0.25) is 9.59 Å². The molecule has 144 valence electrons. The highest BCUT2D eigenvalue weighted by atomic mass is 16.5. The fraction of sp³-hybridized carbons (Fsp3) is 0.273. The Morgan fingerprint density at radius 2 is 2.14 bits per heavy atom. The second-order valence-corrected chi connectivity index (χ2v) is 6.89. The van der Waals surface area contributed by atoms with Crippen molar-refractivity contribution < 1.29 is 14.3 Å². The normalized spacial score (nSPS) is 15.1. The summed E-state index contributed by atoms with van der Waals surface area (Å²) in [6.07, 6.45) is 2.43. The number of hydrogen-bond donors (Lipinski definition) is 2. The monoisotopic (exact) mass is 378 g/mol. The van der Waals surface area contributed by atoms with Crippen LogP contribution < -0.4 is 20.2 Å². The molecule has 6 heteroatoms. The van der Waals surface area contributed by atoms with E-state index in [0.29, 0.717) is 17.5 Å². The van der Waals surface area contributed by atoms with Crippen LogP contribution in [0.15, 0.2) is 47.4 Å². The quantitative estimate of drug-likeness (QED) is 0.715. The summed E-state index contributed by atoms with van der Waals surface area (Å²) >= 11 is 0. The van der Waals surface area contributed by atoms with Gasteiger partial charge in [-0.15, -0.1) is 0 Å². The van der Waals surface area contributed by atoms with Crippen molar-refractivity contribution in [1.29, 1.82) is 0 Å². The molecular formula is C22H22N2O4. The van der Waals surface area contributed by atoms with Crippen LogP contribution in [0.5, 0.6) is 11.5 Å². The lowest BCUT2D eigenvalue weighted by atomic mass is 10.1. The molecule has 0 saturated carbocycles. The molecule has 1 aliphatic heterocycles. The third-order valence-electron chi connectivity index (χ3n) is 4.85. The highest BCUT2D eigenvalue weighted by Crippen LogP contribution is 2.35. The summed E-state index contributed by atoms with van der Waals surface area (Å²) in [6, 6.07) is 11.0. The summed E-state index contributed by atoms with van der Waals surface area (Å²) in [5, 5.41) is 3.32. The van der Waals surface area contributed by atoms with Gasteiger partial charge in [0.1, 0.15) is 23.2 Å². The number of carbonyl (C=O) groups excluding carboxylic acids is 1. The van der Waals surface area contributed by atoms with Crippen LogP contribution in [-0.2, 0) is 13.0 Å². The molecule has 0 fully saturated rings. The van der Waals surface area contributed by atoms with E-state index in [2.05, 4.69) is 10.3 Å². The van der Waals surface area contributed by atoms with Crippen molar-refractivity contribution in [2.24, 2.45) is 0 Å². The van der Waals surface area contributed by atoms with Crippen LogP contribution in [0.25, 0.3) is 10.9 Å². The number of para-hydroxylation sites is 1. The van der Waals surface area contributed by atoms with Crippen LogP contribution in [0.3, 0.4) is 0 Å². The van der Waals surface area contributed by atoms with Crippen molar-refractivity contribution in [3.05, 3.63) is 69.5 Å². The van der Waals surface area contributed by atoms with Crippen LogP contribution in [-0.4, -0.2) is 23.6 Å². The second-order valence-electron chi connectivity index (χ2n) is 6.89. The number of ether oxygens (including phenoxy) is 2. The zero-order valence-electron chi connectivity index (χ0n) is 15.9. The lowest BCUT2D eigenvalue weighted by molar-refractivity contribution is 0.0949. The number of amides is 1. The molecule has 1 amide bonds. The summed E-state index contributed by atoms with van der Waals surface area (Å²) in [5.74, 6) is 1.12. The van der Waals surface area contributed by atoms with Gasteiger partial charge in [0.05, 0.1) is 6.61 Å². The Morgan fingerprint density at radius 3 is 2.96 bits per heavy atom. The minimum Gasteiger partial charge on any atom is -0.494 e. The molecule has 0 unspecified atom stereocenters. The van der Waals surface area contributed by atoms with Gasteiger partial charge in [0.2, 0.25) is 5.43 Å². The Morgan fingerprint density at radius 1 is 1.32 bits per heavy atom. The molecule has 2 heterocycles. The number of carbonyl (C=O) groups is 1. The van der Waals surface area contributed by atoms with E-state index in [0.717, 1.165) is 29.0 Å². The van der Waals surface area contributed by atoms with Crippen LogP contribution in [0.2, 0.25) is 0 Å². The highest BCUT2D eigenvalue weighted by Gasteiger charge is 2.22. The molecule has 3 aromatic rings. The molecule has 1 aromatic heterocycles. The predicted molar refractivity (Wildman–Crippen MR) is 107 cm³/mol. The molecule has 2 N–H and O–H groups in total. The molecule has 28 heavy (non-hydrogen) atoms. The number of fused-ring (bicyclic) bond motifs is 2. The average molecular weight is 378 g/mol. The van der Waals surface area contributed by atoms with Gasteiger partial charge < -0.3 is 19.8 Å². The van der Waals surface area contributed by atoms with Gasteiger partial charge in [-0.05, 0) is 38.1 Å². The molecule has 0 radical (unpaired) electrons. The summed E-state index contributed by atoms with van der Waals surface area (Å²) < 4.78 is 11.6. The lowest BCUT2D eigenvalue weighted by Gasteiger charge is -2.13. The lowest BCUT2D eigenvalue weighted by Crippen LogP contribution is -2.28. The fourth-order valence-electron chi connectivity index (χ4n) is 3.52. The Hall–Kier alpha value is -3.28. The topological polar surface area (TPSA) is 80.4 Å². The fourth-order valence-corrected chi connectivity index (χ4v) is 3.52. The largest absolute Gasteiger partial charge is 0.494 e. The van der Waals surface area contributed by atoms with E-state index in [4.69, 9.17) is 9.47 Å². The third-order valence-corrected chi connectivity index (χ3v) is 4.85. The SMILES string of the molecule is CCOc1cc2c(cc1CNC(=O)c1c[nH]c3ccccc3c1=O)O[C@@H](C)C2. The maximum atomic E-state index is 12.6. The minimum absolute atomic E-state index is 0.0858. The Balaban J connectivity index is 1.58. The van der Waals surface area contributed by atoms with Crippen LogP contribution in [0.1, 0.15) is 35.3 Å². The number of H-pyrrole nitrogens is 1. The van der Waals surface area contributed by atoms with Crippen molar-refractivity contribution in [2.45, 2.75) is 32.9 Å². The van der Waals surface area contributed by atoms with Gasteiger partial charge in [0.25, 0.3) is 5.91 Å². The number of nitrogens with one attached hydrogen (secondary N) is 2. The van der Waals surface area contributed by atoms with Crippen LogP contribution in [0.4, 0.5) is 0 Å². The first-order valence-electron chi connectivity index (χ1n) is 9.40. The number of rotatable bonds is 5. The van der Waals surface area contributed by atoms with Crippen molar-refractivity contribution >= 4 is 16.8 Å². The second kappa shape index (κ2) is 7.38. The van der Waals surface area contributed by atoms with Crippen LogP contribution >= 0.6 is 0 Å². The molecule has 0 saturated heterocycles.